The Morgan fingerprint density at radius 1 is 0.778 bits per heavy atom. The maximum atomic E-state index is 4.19. The molecule has 0 aliphatic heterocycles. The van der Waals surface area contributed by atoms with Crippen LogP contribution in [-0.2, 0) is 0 Å². The van der Waals surface area contributed by atoms with Crippen molar-refractivity contribution in [3.63, 3.8) is 0 Å². The van der Waals surface area contributed by atoms with E-state index in [1.807, 2.05) is 41.8 Å². The van der Waals surface area contributed by atoms with Crippen LogP contribution < -0.4 is 6.15 Å². The molecule has 0 fully saturated rings. The Bertz CT molecular complexity index is 458. The van der Waals surface area contributed by atoms with Gasteiger partial charge >= 0.3 is 0 Å². The van der Waals surface area contributed by atoms with Crippen molar-refractivity contribution in [2.24, 2.45) is 0 Å². The highest BCUT2D eigenvalue weighted by atomic mass is 32.1. The quantitative estimate of drug-likeness (QED) is 0.726. The van der Waals surface area contributed by atoms with Crippen molar-refractivity contribution in [2.75, 3.05) is 0 Å². The molecule has 0 saturated heterocycles. The van der Waals surface area contributed by atoms with Gasteiger partial charge in [0.25, 0.3) is 0 Å². The van der Waals surface area contributed by atoms with Gasteiger partial charge < -0.3 is 6.15 Å². The van der Waals surface area contributed by atoms with Crippen LogP contribution in [0.25, 0.3) is 11.4 Å². The van der Waals surface area contributed by atoms with E-state index in [4.69, 9.17) is 0 Å². The molecule has 0 unspecified atom stereocenters. The Morgan fingerprint density at radius 2 is 1.39 bits per heavy atom. The zero-order chi connectivity index (χ0) is 11.8. The van der Waals surface area contributed by atoms with Gasteiger partial charge in [-0.2, -0.15) is 0 Å². The second-order valence-electron chi connectivity index (χ2n) is 3.02. The van der Waals surface area contributed by atoms with Crippen LogP contribution in [0, 0.1) is 0 Å². The minimum absolute atomic E-state index is 0. The monoisotopic (exact) mass is 259 g/mol. The predicted octanol–water partition coefficient (Wildman–Crippen LogP) is 2.84. The molecule has 3 N–H and O–H groups in total. The Labute approximate surface area is 109 Å². The highest BCUT2D eigenvalue weighted by molar-refractivity contribution is 7.03. The van der Waals surface area contributed by atoms with E-state index in [0.717, 1.165) is 11.4 Å². The second kappa shape index (κ2) is 7.99. The maximum Gasteiger partial charge on any atom is 0.0886 e. The minimum atomic E-state index is 0. The molecule has 5 nitrogen and oxygen atoms in total. The third-order valence-corrected chi connectivity index (χ3v) is 2.31. The third-order valence-electron chi connectivity index (χ3n) is 1.87. The number of hydrogen-bond donors (Lipinski definition) is 1. The van der Waals surface area contributed by atoms with Gasteiger partial charge in [-0.25, -0.2) is 0 Å². The van der Waals surface area contributed by atoms with Crippen LogP contribution in [0.4, 0.5) is 0 Å². The number of hydrogen-bond acceptors (Lipinski definition) is 6. The van der Waals surface area contributed by atoms with E-state index in [2.05, 4.69) is 19.6 Å². The average Bonchev–Trinajstić information content (AvgIpc) is 3.00. The van der Waals surface area contributed by atoms with Crippen molar-refractivity contribution in [3.05, 3.63) is 60.4 Å². The molecule has 0 spiro atoms. The molecule has 0 atom stereocenters. The van der Waals surface area contributed by atoms with Gasteiger partial charge in [-0.05, 0) is 35.8 Å². The van der Waals surface area contributed by atoms with Crippen LogP contribution in [0.2, 0.25) is 0 Å². The van der Waals surface area contributed by atoms with E-state index in [9.17, 15) is 0 Å². The van der Waals surface area contributed by atoms with Gasteiger partial charge in [0.2, 0.25) is 0 Å². The molecule has 0 bridgehead atoms. The van der Waals surface area contributed by atoms with E-state index < -0.39 is 0 Å². The van der Waals surface area contributed by atoms with Crippen molar-refractivity contribution in [3.8, 4) is 11.4 Å². The summed E-state index contributed by atoms with van der Waals surface area (Å²) < 4.78 is 3.51. The second-order valence-corrected chi connectivity index (χ2v) is 3.66. The fourth-order valence-electron chi connectivity index (χ4n) is 1.16. The SMILES string of the molecule is N.c1ccc(-c2ccccn2)nc1.c1csnn1. The van der Waals surface area contributed by atoms with Crippen molar-refractivity contribution < 1.29 is 0 Å². The van der Waals surface area contributed by atoms with Crippen LogP contribution in [0.15, 0.2) is 60.4 Å². The summed E-state index contributed by atoms with van der Waals surface area (Å²) in [5.41, 5.74) is 1.83. The maximum absolute atomic E-state index is 4.19. The molecule has 18 heavy (non-hydrogen) atoms. The Kier molecular flexibility index (Phi) is 6.16. The summed E-state index contributed by atoms with van der Waals surface area (Å²) >= 11 is 1.35. The molecule has 3 aromatic rings. The zero-order valence-corrected chi connectivity index (χ0v) is 10.5. The first-order valence-electron chi connectivity index (χ1n) is 5.00. The first kappa shape index (κ1) is 13.9. The fourth-order valence-corrected chi connectivity index (χ4v) is 1.44. The number of rotatable bonds is 1. The lowest BCUT2D eigenvalue weighted by atomic mass is 10.2. The van der Waals surface area contributed by atoms with Crippen molar-refractivity contribution in [1.29, 1.82) is 0 Å². The molecule has 0 saturated carbocycles. The van der Waals surface area contributed by atoms with Gasteiger partial charge in [-0.1, -0.05) is 16.6 Å². The lowest BCUT2D eigenvalue weighted by Crippen LogP contribution is -1.83. The number of aromatic nitrogens is 4. The van der Waals surface area contributed by atoms with Crippen molar-refractivity contribution in [1.82, 2.24) is 25.7 Å². The lowest BCUT2D eigenvalue weighted by molar-refractivity contribution is 1.16. The first-order chi connectivity index (χ1) is 8.47. The predicted molar refractivity (Wildman–Crippen MR) is 72.4 cm³/mol. The number of pyridine rings is 2. The molecule has 3 heterocycles. The molecule has 3 aromatic heterocycles. The normalized spacial score (nSPS) is 8.67. The standard InChI is InChI=1S/C10H8N2.C2H2N2S.H3N/c1-3-7-11-9(5-1)10-6-2-4-8-12-10;1-2-5-4-3-1;/h1-8H;1-2H;1H3. The summed E-state index contributed by atoms with van der Waals surface area (Å²) in [6.45, 7) is 0. The van der Waals surface area contributed by atoms with E-state index in [1.54, 1.807) is 18.6 Å². The Morgan fingerprint density at radius 3 is 1.67 bits per heavy atom. The zero-order valence-electron chi connectivity index (χ0n) is 9.68. The van der Waals surface area contributed by atoms with Gasteiger partial charge in [0.15, 0.2) is 0 Å². The van der Waals surface area contributed by atoms with E-state index >= 15 is 0 Å². The fraction of sp³-hybridized carbons (Fsp3) is 0. The first-order valence-corrected chi connectivity index (χ1v) is 5.84. The summed E-state index contributed by atoms with van der Waals surface area (Å²) in [4.78, 5) is 8.37. The van der Waals surface area contributed by atoms with Gasteiger partial charge in [-0.15, -0.1) is 5.10 Å². The third kappa shape index (κ3) is 4.36. The van der Waals surface area contributed by atoms with Gasteiger partial charge in [0.05, 0.1) is 17.6 Å². The molecule has 0 amide bonds. The molecular weight excluding hydrogens is 246 g/mol. The van der Waals surface area contributed by atoms with Crippen LogP contribution in [0.5, 0.6) is 0 Å². The summed E-state index contributed by atoms with van der Waals surface area (Å²) in [5.74, 6) is 0. The Balaban J connectivity index is 0.000000230. The lowest BCUT2D eigenvalue weighted by Gasteiger charge is -1.96. The largest absolute Gasteiger partial charge is 0.344 e. The van der Waals surface area contributed by atoms with Gasteiger partial charge in [-0.3, -0.25) is 9.97 Å². The van der Waals surface area contributed by atoms with Gasteiger partial charge in [0, 0.05) is 17.8 Å². The van der Waals surface area contributed by atoms with Crippen LogP contribution >= 0.6 is 11.5 Å². The van der Waals surface area contributed by atoms with Crippen LogP contribution in [0.3, 0.4) is 0 Å². The summed E-state index contributed by atoms with van der Waals surface area (Å²) in [6, 6.07) is 11.6. The molecule has 3 rings (SSSR count). The highest BCUT2D eigenvalue weighted by Gasteiger charge is 1.95. The molecule has 0 aliphatic rings. The van der Waals surface area contributed by atoms with Crippen LogP contribution in [-0.4, -0.2) is 19.6 Å². The molecule has 0 radical (unpaired) electrons. The molecule has 0 aromatic carbocycles. The summed E-state index contributed by atoms with van der Waals surface area (Å²) in [6.07, 6.45) is 5.19. The average molecular weight is 259 g/mol. The van der Waals surface area contributed by atoms with Gasteiger partial charge in [0.1, 0.15) is 0 Å². The minimum Gasteiger partial charge on any atom is -0.344 e. The van der Waals surface area contributed by atoms with E-state index in [-0.39, 0.29) is 6.15 Å². The van der Waals surface area contributed by atoms with Crippen molar-refractivity contribution >= 4 is 11.5 Å². The molecule has 6 heteroatoms. The van der Waals surface area contributed by atoms with Crippen molar-refractivity contribution in [2.45, 2.75) is 0 Å². The molecular formula is C12H13N5S. The summed E-state index contributed by atoms with van der Waals surface area (Å²) in [5, 5.41) is 5.31. The Hall–Kier alpha value is -2.18. The van der Waals surface area contributed by atoms with E-state index in [0.29, 0.717) is 0 Å². The number of nitrogens with zero attached hydrogens (tertiary/aromatic N) is 4. The topological polar surface area (TPSA) is 86.6 Å². The van der Waals surface area contributed by atoms with E-state index in [1.165, 1.54) is 11.5 Å². The smallest absolute Gasteiger partial charge is 0.0886 e. The summed E-state index contributed by atoms with van der Waals surface area (Å²) in [7, 11) is 0. The molecule has 92 valence electrons. The van der Waals surface area contributed by atoms with Crippen LogP contribution in [0.1, 0.15) is 0 Å². The highest BCUT2D eigenvalue weighted by Crippen LogP contribution is 2.10. The molecule has 0 aliphatic carbocycles.